The lowest BCUT2D eigenvalue weighted by Crippen LogP contribution is -2.35. The molecule has 6 heteroatoms. The van der Waals surface area contributed by atoms with Crippen molar-refractivity contribution in [3.63, 3.8) is 0 Å². The number of H-pyrrole nitrogens is 1. The Hall–Kier alpha value is -1.85. The second kappa shape index (κ2) is 5.11. The second-order valence-electron chi connectivity index (χ2n) is 6.03. The molecule has 3 heterocycles. The molecule has 5 nitrogen and oxygen atoms in total. The van der Waals surface area contributed by atoms with Crippen LogP contribution in [0.25, 0.3) is 16.6 Å². The highest BCUT2D eigenvalue weighted by Crippen LogP contribution is 2.31. The Morgan fingerprint density at radius 2 is 2.27 bits per heavy atom. The number of nitrogens with one attached hydrogen (secondary N) is 2. The number of hydrogen-bond acceptors (Lipinski definition) is 3. The number of piperidine rings is 1. The van der Waals surface area contributed by atoms with Crippen LogP contribution in [0.2, 0.25) is 5.02 Å². The maximum Gasteiger partial charge on any atom is 0.251 e. The molecular formula is C16H17ClN4O. The highest BCUT2D eigenvalue weighted by atomic mass is 35.5. The van der Waals surface area contributed by atoms with E-state index in [2.05, 4.69) is 22.3 Å². The lowest BCUT2D eigenvalue weighted by molar-refractivity contribution is 0.372. The minimum absolute atomic E-state index is 0.101. The van der Waals surface area contributed by atoms with Crippen molar-refractivity contribution in [1.82, 2.24) is 19.9 Å². The molecule has 4 rings (SSSR count). The number of aromatic nitrogens is 3. The lowest BCUT2D eigenvalue weighted by Gasteiger charge is -2.28. The van der Waals surface area contributed by atoms with E-state index in [1.54, 1.807) is 6.07 Å². The van der Waals surface area contributed by atoms with Gasteiger partial charge in [0.25, 0.3) is 5.56 Å². The topological polar surface area (TPSA) is 62.2 Å². The van der Waals surface area contributed by atoms with E-state index in [-0.39, 0.29) is 5.56 Å². The Morgan fingerprint density at radius 1 is 1.41 bits per heavy atom. The summed E-state index contributed by atoms with van der Waals surface area (Å²) in [6.07, 6.45) is 2.01. The van der Waals surface area contributed by atoms with Gasteiger partial charge in [-0.15, -0.1) is 0 Å². The minimum Gasteiger partial charge on any atom is -0.314 e. The summed E-state index contributed by atoms with van der Waals surface area (Å²) in [5, 5.41) is 9.52. The number of benzene rings is 1. The molecule has 0 amide bonds. The van der Waals surface area contributed by atoms with Crippen LogP contribution in [0.5, 0.6) is 0 Å². The van der Waals surface area contributed by atoms with Crippen LogP contribution >= 0.6 is 11.6 Å². The second-order valence-corrected chi connectivity index (χ2v) is 6.44. The zero-order chi connectivity index (χ0) is 15.3. The first-order chi connectivity index (χ1) is 10.6. The molecule has 1 aliphatic heterocycles. The first-order valence-electron chi connectivity index (χ1n) is 7.57. The molecule has 1 fully saturated rings. The summed E-state index contributed by atoms with van der Waals surface area (Å²) < 4.78 is 1.86. The first kappa shape index (κ1) is 13.8. The molecule has 2 atom stereocenters. The Morgan fingerprint density at radius 3 is 3.09 bits per heavy atom. The molecule has 2 aromatic heterocycles. The van der Waals surface area contributed by atoms with Crippen LogP contribution in [0, 0.1) is 0 Å². The third-order valence-corrected chi connectivity index (χ3v) is 4.77. The summed E-state index contributed by atoms with van der Waals surface area (Å²) in [5.74, 6) is 0.328. The first-order valence-corrected chi connectivity index (χ1v) is 7.95. The molecule has 22 heavy (non-hydrogen) atoms. The Balaban J connectivity index is 2.00. The van der Waals surface area contributed by atoms with E-state index in [1.165, 1.54) is 0 Å². The van der Waals surface area contributed by atoms with E-state index in [1.807, 2.05) is 22.7 Å². The number of fused-ring (bicyclic) bond motifs is 3. The van der Waals surface area contributed by atoms with Crippen LogP contribution in [-0.2, 0) is 0 Å². The van der Waals surface area contributed by atoms with Gasteiger partial charge in [-0.1, -0.05) is 17.7 Å². The number of aromatic amines is 1. The quantitative estimate of drug-likeness (QED) is 0.725. The number of hydrogen-bond donors (Lipinski definition) is 2. The predicted molar refractivity (Wildman–Crippen MR) is 87.8 cm³/mol. The monoisotopic (exact) mass is 316 g/mol. The third-order valence-electron chi connectivity index (χ3n) is 4.46. The van der Waals surface area contributed by atoms with Gasteiger partial charge < -0.3 is 10.3 Å². The summed E-state index contributed by atoms with van der Waals surface area (Å²) in [6.45, 7) is 3.13. The Kier molecular flexibility index (Phi) is 3.20. The van der Waals surface area contributed by atoms with Crippen molar-refractivity contribution in [3.05, 3.63) is 45.3 Å². The van der Waals surface area contributed by atoms with Gasteiger partial charge in [-0.05, 0) is 38.4 Å². The summed E-state index contributed by atoms with van der Waals surface area (Å²) in [4.78, 5) is 15.0. The van der Waals surface area contributed by atoms with Gasteiger partial charge in [0, 0.05) is 18.0 Å². The molecule has 0 aliphatic carbocycles. The summed E-state index contributed by atoms with van der Waals surface area (Å²) >= 11 is 6.31. The van der Waals surface area contributed by atoms with E-state index < -0.39 is 0 Å². The normalized spacial score (nSPS) is 22.5. The number of nitrogens with zero attached hydrogens (tertiary/aromatic N) is 2. The minimum atomic E-state index is -0.101. The van der Waals surface area contributed by atoms with Gasteiger partial charge in [0.05, 0.1) is 21.6 Å². The Bertz CT molecular complexity index is 914. The van der Waals surface area contributed by atoms with Gasteiger partial charge in [-0.25, -0.2) is 4.52 Å². The zero-order valence-electron chi connectivity index (χ0n) is 12.3. The smallest absolute Gasteiger partial charge is 0.251 e. The van der Waals surface area contributed by atoms with Gasteiger partial charge >= 0.3 is 0 Å². The van der Waals surface area contributed by atoms with Crippen molar-refractivity contribution in [2.45, 2.75) is 31.7 Å². The van der Waals surface area contributed by atoms with Crippen LogP contribution in [0.1, 0.15) is 31.4 Å². The summed E-state index contributed by atoms with van der Waals surface area (Å²) in [5.41, 5.74) is 2.36. The van der Waals surface area contributed by atoms with Crippen LogP contribution in [0.4, 0.5) is 0 Å². The van der Waals surface area contributed by atoms with Gasteiger partial charge in [-0.3, -0.25) is 4.79 Å². The molecule has 3 aromatic rings. The van der Waals surface area contributed by atoms with Crippen molar-refractivity contribution in [1.29, 1.82) is 0 Å². The zero-order valence-corrected chi connectivity index (χ0v) is 13.0. The van der Waals surface area contributed by atoms with E-state index in [4.69, 9.17) is 11.6 Å². The average molecular weight is 317 g/mol. The standard InChI is InChI=1S/C16H17ClN4O/c1-9-7-10(5-6-18-9)13-8-14(22)19-16-15-11(17)3-2-4-12(15)20-21(13)16/h2-4,8-10,18H,5-7H2,1H3,(H,19,22)/t9-,10-/m0/s1. The molecule has 0 radical (unpaired) electrons. The number of rotatable bonds is 1. The predicted octanol–water partition coefficient (Wildman–Crippen LogP) is 2.68. The van der Waals surface area contributed by atoms with Crippen LogP contribution < -0.4 is 10.9 Å². The summed E-state index contributed by atoms with van der Waals surface area (Å²) in [7, 11) is 0. The van der Waals surface area contributed by atoms with Crippen molar-refractivity contribution in [2.24, 2.45) is 0 Å². The van der Waals surface area contributed by atoms with Crippen molar-refractivity contribution >= 4 is 28.2 Å². The highest BCUT2D eigenvalue weighted by molar-refractivity contribution is 6.36. The fraction of sp³-hybridized carbons (Fsp3) is 0.375. The van der Waals surface area contributed by atoms with E-state index in [9.17, 15) is 4.79 Å². The van der Waals surface area contributed by atoms with Gasteiger partial charge in [-0.2, -0.15) is 5.10 Å². The maximum atomic E-state index is 12.1. The van der Waals surface area contributed by atoms with Crippen molar-refractivity contribution < 1.29 is 0 Å². The molecule has 0 saturated carbocycles. The van der Waals surface area contributed by atoms with Crippen molar-refractivity contribution in [2.75, 3.05) is 6.54 Å². The molecule has 1 aromatic carbocycles. The maximum absolute atomic E-state index is 12.1. The molecule has 0 spiro atoms. The van der Waals surface area contributed by atoms with E-state index >= 15 is 0 Å². The molecule has 0 unspecified atom stereocenters. The molecular weight excluding hydrogens is 300 g/mol. The van der Waals surface area contributed by atoms with Crippen LogP contribution in [-0.4, -0.2) is 27.2 Å². The highest BCUT2D eigenvalue weighted by Gasteiger charge is 2.24. The van der Waals surface area contributed by atoms with Crippen molar-refractivity contribution in [3.8, 4) is 0 Å². The van der Waals surface area contributed by atoms with Crippen LogP contribution in [0.15, 0.2) is 29.1 Å². The number of halogens is 1. The fourth-order valence-corrected chi connectivity index (χ4v) is 3.70. The Labute approximate surface area is 132 Å². The molecule has 0 bridgehead atoms. The molecule has 1 aliphatic rings. The molecule has 114 valence electrons. The van der Waals surface area contributed by atoms with Gasteiger partial charge in [0.2, 0.25) is 0 Å². The van der Waals surface area contributed by atoms with E-state index in [0.29, 0.717) is 22.6 Å². The fourth-order valence-electron chi connectivity index (χ4n) is 3.44. The van der Waals surface area contributed by atoms with Crippen LogP contribution in [0.3, 0.4) is 0 Å². The average Bonchev–Trinajstić information content (AvgIpc) is 2.86. The molecule has 2 N–H and O–H groups in total. The largest absolute Gasteiger partial charge is 0.314 e. The molecule has 1 saturated heterocycles. The van der Waals surface area contributed by atoms with Gasteiger partial charge in [0.15, 0.2) is 0 Å². The van der Waals surface area contributed by atoms with E-state index in [0.717, 1.165) is 36.0 Å². The third kappa shape index (κ3) is 2.12. The lowest BCUT2D eigenvalue weighted by atomic mass is 9.90. The summed E-state index contributed by atoms with van der Waals surface area (Å²) in [6, 6.07) is 7.74. The SMILES string of the molecule is C[C@H]1C[C@@H](c2cc(=O)[nH]c3c4c(Cl)cccc4nn23)CCN1. The van der Waals surface area contributed by atoms with Gasteiger partial charge in [0.1, 0.15) is 5.65 Å².